The summed E-state index contributed by atoms with van der Waals surface area (Å²) in [6, 6.07) is 1.31. The van der Waals surface area contributed by atoms with Crippen LogP contribution >= 0.6 is 0 Å². The molecule has 0 saturated carbocycles. The van der Waals surface area contributed by atoms with Crippen LogP contribution in [-0.2, 0) is 0 Å². The molecule has 0 saturated heterocycles. The molecule has 0 spiro atoms. The smallest absolute Gasteiger partial charge is 0.186 e. The van der Waals surface area contributed by atoms with Crippen LogP contribution in [0.4, 0.5) is 0 Å². The van der Waals surface area contributed by atoms with E-state index in [1.165, 1.54) is 70.3 Å². The minimum atomic E-state index is -1.48. The lowest BCUT2D eigenvalue weighted by atomic mass is 10.1. The molecular formula is C19H43N3Si. The molecule has 4 heteroatoms. The Morgan fingerprint density at radius 3 is 1.48 bits per heavy atom. The summed E-state index contributed by atoms with van der Waals surface area (Å²) >= 11 is 0. The first-order chi connectivity index (χ1) is 10.8. The Morgan fingerprint density at radius 1 is 0.696 bits per heavy atom. The lowest BCUT2D eigenvalue weighted by Gasteiger charge is -2.27. The van der Waals surface area contributed by atoms with Crippen molar-refractivity contribution in [2.24, 2.45) is 4.66 Å². The Hall–Kier alpha value is -0.513. The highest BCUT2D eigenvalue weighted by Gasteiger charge is 2.22. The summed E-state index contributed by atoms with van der Waals surface area (Å²) in [5.74, 6) is 1.12. The maximum atomic E-state index is 5.09. The van der Waals surface area contributed by atoms with Crippen molar-refractivity contribution < 1.29 is 0 Å². The molecule has 0 aliphatic heterocycles. The van der Waals surface area contributed by atoms with Gasteiger partial charge in [0, 0.05) is 28.2 Å². The SMILES string of the molecule is CCCCCCCCCCCC[Si](C)(C)N=C(N(C)C)N(C)C. The Kier molecular flexibility index (Phi) is 12.6. The van der Waals surface area contributed by atoms with Crippen LogP contribution in [0.1, 0.15) is 71.1 Å². The van der Waals surface area contributed by atoms with E-state index in [9.17, 15) is 0 Å². The Morgan fingerprint density at radius 2 is 1.09 bits per heavy atom. The van der Waals surface area contributed by atoms with E-state index in [1.54, 1.807) is 0 Å². The molecule has 0 N–H and O–H groups in total. The molecule has 0 fully saturated rings. The predicted molar refractivity (Wildman–Crippen MR) is 109 cm³/mol. The number of guanidine groups is 1. The van der Waals surface area contributed by atoms with E-state index >= 15 is 0 Å². The van der Waals surface area contributed by atoms with Gasteiger partial charge in [0.05, 0.1) is 0 Å². The molecule has 0 rings (SSSR count). The molecule has 0 aromatic heterocycles. The van der Waals surface area contributed by atoms with Crippen molar-refractivity contribution in [3.63, 3.8) is 0 Å². The van der Waals surface area contributed by atoms with E-state index in [1.807, 2.05) is 0 Å². The molecule has 0 radical (unpaired) electrons. The Bertz CT molecular complexity index is 302. The summed E-state index contributed by atoms with van der Waals surface area (Å²) in [4.78, 5) is 4.26. The van der Waals surface area contributed by atoms with Crippen molar-refractivity contribution >= 4 is 14.2 Å². The first-order valence-electron chi connectivity index (χ1n) is 9.74. The van der Waals surface area contributed by atoms with Crippen molar-refractivity contribution in [1.82, 2.24) is 9.80 Å². The molecule has 23 heavy (non-hydrogen) atoms. The number of nitrogens with zero attached hydrogens (tertiary/aromatic N) is 3. The maximum Gasteiger partial charge on any atom is 0.186 e. The van der Waals surface area contributed by atoms with E-state index in [4.69, 9.17) is 4.66 Å². The standard InChI is InChI=1S/C19H43N3Si/c1-8-9-10-11-12-13-14-15-16-17-18-23(6,7)20-19(21(2)3)22(4)5/h8-18H2,1-7H3. The topological polar surface area (TPSA) is 18.8 Å². The van der Waals surface area contributed by atoms with Gasteiger partial charge in [0.1, 0.15) is 0 Å². The van der Waals surface area contributed by atoms with Gasteiger partial charge in [0.2, 0.25) is 0 Å². The van der Waals surface area contributed by atoms with Gasteiger partial charge in [-0.25, -0.2) is 0 Å². The number of hydrogen-bond acceptors (Lipinski definition) is 1. The molecule has 138 valence electrons. The van der Waals surface area contributed by atoms with Crippen molar-refractivity contribution in [3.05, 3.63) is 0 Å². The quantitative estimate of drug-likeness (QED) is 0.199. The van der Waals surface area contributed by atoms with Crippen molar-refractivity contribution in [2.75, 3.05) is 28.2 Å². The van der Waals surface area contributed by atoms with Crippen molar-refractivity contribution in [2.45, 2.75) is 90.3 Å². The fraction of sp³-hybridized carbons (Fsp3) is 0.947. The summed E-state index contributed by atoms with van der Waals surface area (Å²) < 4.78 is 5.09. The number of rotatable bonds is 12. The van der Waals surface area contributed by atoms with Gasteiger partial charge in [-0.15, -0.1) is 0 Å². The van der Waals surface area contributed by atoms with Crippen molar-refractivity contribution in [3.8, 4) is 0 Å². The van der Waals surface area contributed by atoms with Gasteiger partial charge in [-0.2, -0.15) is 0 Å². The lowest BCUT2D eigenvalue weighted by Crippen LogP contribution is -2.39. The highest BCUT2D eigenvalue weighted by Crippen LogP contribution is 2.18. The highest BCUT2D eigenvalue weighted by atomic mass is 28.3. The highest BCUT2D eigenvalue weighted by molar-refractivity contribution is 6.76. The molecule has 0 atom stereocenters. The van der Waals surface area contributed by atoms with Crippen LogP contribution in [0, 0.1) is 0 Å². The van der Waals surface area contributed by atoms with Gasteiger partial charge >= 0.3 is 0 Å². The fourth-order valence-electron chi connectivity index (χ4n) is 2.97. The summed E-state index contributed by atoms with van der Waals surface area (Å²) in [5, 5.41) is 0. The molecule has 0 bridgehead atoms. The van der Waals surface area contributed by atoms with Crippen LogP contribution in [0.25, 0.3) is 0 Å². The van der Waals surface area contributed by atoms with E-state index in [-0.39, 0.29) is 0 Å². The van der Waals surface area contributed by atoms with Crippen LogP contribution in [-0.4, -0.2) is 52.2 Å². The Labute approximate surface area is 147 Å². The van der Waals surface area contributed by atoms with Crippen LogP contribution in [0.3, 0.4) is 0 Å². The average Bonchev–Trinajstić information content (AvgIpc) is 2.46. The first-order valence-corrected chi connectivity index (χ1v) is 12.9. The van der Waals surface area contributed by atoms with Crippen LogP contribution in [0.5, 0.6) is 0 Å². The van der Waals surface area contributed by atoms with Gasteiger partial charge < -0.3 is 9.80 Å². The second-order valence-corrected chi connectivity index (χ2v) is 12.3. The monoisotopic (exact) mass is 341 g/mol. The zero-order valence-corrected chi connectivity index (χ0v) is 18.1. The van der Waals surface area contributed by atoms with E-state index < -0.39 is 8.24 Å². The largest absolute Gasteiger partial charge is 0.350 e. The van der Waals surface area contributed by atoms with Crippen LogP contribution < -0.4 is 0 Å². The van der Waals surface area contributed by atoms with E-state index in [0.717, 1.165) is 5.96 Å². The van der Waals surface area contributed by atoms with Gasteiger partial charge in [-0.1, -0.05) is 71.1 Å². The average molecular weight is 342 g/mol. The summed E-state index contributed by atoms with van der Waals surface area (Å²) in [6.45, 7) is 7.08. The van der Waals surface area contributed by atoms with E-state index in [2.05, 4.69) is 58.0 Å². The van der Waals surface area contributed by atoms with Gasteiger partial charge in [0.25, 0.3) is 0 Å². The second-order valence-electron chi connectivity index (χ2n) is 7.95. The molecule has 3 nitrogen and oxygen atoms in total. The third-order valence-electron chi connectivity index (χ3n) is 4.34. The minimum absolute atomic E-state index is 1.12. The fourth-order valence-corrected chi connectivity index (χ4v) is 5.14. The predicted octanol–water partition coefficient (Wildman–Crippen LogP) is 5.59. The van der Waals surface area contributed by atoms with Gasteiger partial charge in [-0.3, -0.25) is 4.66 Å². The van der Waals surface area contributed by atoms with Crippen molar-refractivity contribution in [1.29, 1.82) is 0 Å². The van der Waals surface area contributed by atoms with E-state index in [0.29, 0.717) is 0 Å². The minimum Gasteiger partial charge on any atom is -0.350 e. The molecule has 0 aromatic carbocycles. The lowest BCUT2D eigenvalue weighted by molar-refractivity contribution is 0.485. The molecule has 0 unspecified atom stereocenters. The number of unbranched alkanes of at least 4 members (excludes halogenated alkanes) is 9. The molecule has 0 aromatic rings. The molecule has 0 aliphatic carbocycles. The Balaban J connectivity index is 3.84. The zero-order chi connectivity index (χ0) is 17.7. The molecular weight excluding hydrogens is 298 g/mol. The first kappa shape index (κ1) is 22.5. The normalized spacial score (nSPS) is 11.4. The molecule has 0 amide bonds. The third kappa shape index (κ3) is 12.6. The maximum absolute atomic E-state index is 5.09. The second kappa shape index (κ2) is 12.9. The molecule has 0 aliphatic rings. The summed E-state index contributed by atoms with van der Waals surface area (Å²) in [6.07, 6.45) is 14.1. The zero-order valence-electron chi connectivity index (χ0n) is 17.1. The summed E-state index contributed by atoms with van der Waals surface area (Å²) in [5.41, 5.74) is 0. The van der Waals surface area contributed by atoms with Crippen LogP contribution in [0.2, 0.25) is 19.1 Å². The molecule has 0 heterocycles. The number of hydrogen-bond donors (Lipinski definition) is 0. The van der Waals surface area contributed by atoms with Gasteiger partial charge in [0.15, 0.2) is 14.2 Å². The van der Waals surface area contributed by atoms with Crippen LogP contribution in [0.15, 0.2) is 4.66 Å². The summed E-state index contributed by atoms with van der Waals surface area (Å²) in [7, 11) is 6.87. The third-order valence-corrected chi connectivity index (χ3v) is 6.73. The van der Waals surface area contributed by atoms with Gasteiger partial charge in [-0.05, 0) is 19.1 Å².